The monoisotopic (exact) mass is 388 g/mol. The first-order chi connectivity index (χ1) is 13.5. The summed E-state index contributed by atoms with van der Waals surface area (Å²) in [5.41, 5.74) is 0.643. The largest absolute Gasteiger partial charge is 0.482 e. The smallest absolute Gasteiger partial charge is 0.308 e. The van der Waals surface area contributed by atoms with Crippen LogP contribution in [0, 0.1) is 5.92 Å². The number of ether oxygens (including phenoxy) is 2. The first-order valence-electron chi connectivity index (χ1n) is 10.0. The van der Waals surface area contributed by atoms with Crippen molar-refractivity contribution in [2.45, 2.75) is 51.6 Å². The van der Waals surface area contributed by atoms with E-state index in [1.807, 2.05) is 12.1 Å². The van der Waals surface area contributed by atoms with Gasteiger partial charge in [-0.3, -0.25) is 14.4 Å². The highest BCUT2D eigenvalue weighted by Gasteiger charge is 2.26. The molecule has 1 aliphatic heterocycles. The molecule has 3 rings (SSSR count). The van der Waals surface area contributed by atoms with Crippen molar-refractivity contribution >= 4 is 23.5 Å². The van der Waals surface area contributed by atoms with Gasteiger partial charge in [-0.25, -0.2) is 0 Å². The molecule has 152 valence electrons. The van der Waals surface area contributed by atoms with Crippen LogP contribution in [0.5, 0.6) is 5.75 Å². The van der Waals surface area contributed by atoms with Crippen LogP contribution in [0.15, 0.2) is 24.3 Å². The lowest BCUT2D eigenvalue weighted by atomic mass is 9.89. The fourth-order valence-corrected chi connectivity index (χ4v) is 3.69. The van der Waals surface area contributed by atoms with Crippen LogP contribution in [-0.4, -0.2) is 43.6 Å². The van der Waals surface area contributed by atoms with Crippen LogP contribution in [0.4, 0.5) is 5.69 Å². The van der Waals surface area contributed by atoms with E-state index in [0.717, 1.165) is 12.8 Å². The lowest BCUT2D eigenvalue weighted by molar-refractivity contribution is -0.154. The number of para-hydroxylation sites is 2. The van der Waals surface area contributed by atoms with Gasteiger partial charge < -0.3 is 19.7 Å². The molecule has 2 aliphatic rings. The number of nitrogens with one attached hydrogen (secondary N) is 1. The Hall–Kier alpha value is -2.57. The summed E-state index contributed by atoms with van der Waals surface area (Å²) in [6, 6.07) is 7.20. The summed E-state index contributed by atoms with van der Waals surface area (Å²) >= 11 is 0. The zero-order valence-corrected chi connectivity index (χ0v) is 16.3. The maximum atomic E-state index is 12.2. The lowest BCUT2D eigenvalue weighted by Crippen LogP contribution is -2.41. The highest BCUT2D eigenvalue weighted by molar-refractivity contribution is 5.98. The topological polar surface area (TPSA) is 84.9 Å². The molecule has 0 unspecified atom stereocenters. The summed E-state index contributed by atoms with van der Waals surface area (Å²) in [5, 5.41) is 2.89. The fourth-order valence-electron chi connectivity index (χ4n) is 3.69. The molecule has 28 heavy (non-hydrogen) atoms. The molecule has 1 aliphatic carbocycles. The third-order valence-electron chi connectivity index (χ3n) is 5.31. The zero-order chi connectivity index (χ0) is 19.9. The minimum absolute atomic E-state index is 0.0142. The van der Waals surface area contributed by atoms with Gasteiger partial charge >= 0.3 is 5.97 Å². The normalized spacial score (nSPS) is 18.0. The van der Waals surface area contributed by atoms with Crippen LogP contribution in [0.2, 0.25) is 0 Å². The van der Waals surface area contributed by atoms with Gasteiger partial charge in [0.05, 0.1) is 12.1 Å². The molecule has 2 amide bonds. The molecule has 7 nitrogen and oxygen atoms in total. The van der Waals surface area contributed by atoms with E-state index in [1.165, 1.54) is 24.2 Å². The van der Waals surface area contributed by atoms with E-state index in [-0.39, 0.29) is 31.4 Å². The van der Waals surface area contributed by atoms with Crippen molar-refractivity contribution < 1.29 is 23.9 Å². The van der Waals surface area contributed by atoms with E-state index in [4.69, 9.17) is 9.47 Å². The SMILES string of the molecule is C[C@@H](OC(=O)CCN1C(=O)COc2ccccc21)C(=O)NCC1CCCCC1. The number of fused-ring (bicyclic) bond motifs is 1. The Labute approximate surface area is 165 Å². The molecule has 0 spiro atoms. The molecular weight excluding hydrogens is 360 g/mol. The van der Waals surface area contributed by atoms with Crippen LogP contribution in [0.3, 0.4) is 0 Å². The standard InChI is InChI=1S/C21H28N2O5/c1-15(21(26)22-13-16-7-3-2-4-8-16)28-20(25)11-12-23-17-9-5-6-10-18(17)27-14-19(23)24/h5-6,9-10,15-16H,2-4,7-8,11-14H2,1H3,(H,22,26)/t15-/m1/s1. The molecular formula is C21H28N2O5. The van der Waals surface area contributed by atoms with Crippen LogP contribution >= 0.6 is 0 Å². The molecule has 1 heterocycles. The molecule has 7 heteroatoms. The third kappa shape index (κ3) is 5.24. The number of hydrogen-bond acceptors (Lipinski definition) is 5. The van der Waals surface area contributed by atoms with Gasteiger partial charge in [-0.1, -0.05) is 31.4 Å². The second-order valence-corrected chi connectivity index (χ2v) is 7.43. The summed E-state index contributed by atoms with van der Waals surface area (Å²) in [7, 11) is 0. The Balaban J connectivity index is 1.43. The number of rotatable bonds is 7. The van der Waals surface area contributed by atoms with Crippen LogP contribution in [0.25, 0.3) is 0 Å². The van der Waals surface area contributed by atoms with E-state index < -0.39 is 12.1 Å². The van der Waals surface area contributed by atoms with Gasteiger partial charge in [0.2, 0.25) is 0 Å². The van der Waals surface area contributed by atoms with E-state index >= 15 is 0 Å². The summed E-state index contributed by atoms with van der Waals surface area (Å²) in [4.78, 5) is 38.0. The fraction of sp³-hybridized carbons (Fsp3) is 0.571. The van der Waals surface area contributed by atoms with Crippen molar-refractivity contribution in [3.05, 3.63) is 24.3 Å². The first kappa shape index (κ1) is 20.2. The Kier molecular flexibility index (Phi) is 6.90. The van der Waals surface area contributed by atoms with Crippen molar-refractivity contribution in [3.63, 3.8) is 0 Å². The second-order valence-electron chi connectivity index (χ2n) is 7.43. The van der Waals surface area contributed by atoms with E-state index in [9.17, 15) is 14.4 Å². The highest BCUT2D eigenvalue weighted by Crippen LogP contribution is 2.31. The summed E-state index contributed by atoms with van der Waals surface area (Å²) in [5.74, 6) is 0.160. The number of amides is 2. The summed E-state index contributed by atoms with van der Waals surface area (Å²) < 4.78 is 10.6. The maximum Gasteiger partial charge on any atom is 0.308 e. The van der Waals surface area contributed by atoms with E-state index in [1.54, 1.807) is 19.1 Å². The average Bonchev–Trinajstić information content (AvgIpc) is 2.72. The predicted molar refractivity (Wildman–Crippen MR) is 104 cm³/mol. The number of esters is 1. The number of anilines is 1. The minimum Gasteiger partial charge on any atom is -0.482 e. The number of carbonyl (C=O) groups excluding carboxylic acids is 3. The highest BCUT2D eigenvalue weighted by atomic mass is 16.5. The number of nitrogens with zero attached hydrogens (tertiary/aromatic N) is 1. The number of hydrogen-bond donors (Lipinski definition) is 1. The summed E-state index contributed by atoms with van der Waals surface area (Å²) in [6.45, 7) is 2.35. The molecule has 1 fully saturated rings. The van der Waals surface area contributed by atoms with E-state index in [2.05, 4.69) is 5.32 Å². The van der Waals surface area contributed by atoms with Crippen LogP contribution in [-0.2, 0) is 19.1 Å². The van der Waals surface area contributed by atoms with E-state index in [0.29, 0.717) is 23.9 Å². The summed E-state index contributed by atoms with van der Waals surface area (Å²) in [6.07, 6.45) is 5.16. The van der Waals surface area contributed by atoms with Crippen molar-refractivity contribution in [3.8, 4) is 5.75 Å². The zero-order valence-electron chi connectivity index (χ0n) is 16.3. The van der Waals surface area contributed by atoms with Crippen molar-refractivity contribution in [2.75, 3.05) is 24.6 Å². The average molecular weight is 388 g/mol. The maximum absolute atomic E-state index is 12.2. The Morgan fingerprint density at radius 2 is 2.00 bits per heavy atom. The molecule has 0 saturated heterocycles. The lowest BCUT2D eigenvalue weighted by Gasteiger charge is -2.29. The Morgan fingerprint density at radius 1 is 1.25 bits per heavy atom. The quantitative estimate of drug-likeness (QED) is 0.725. The van der Waals surface area contributed by atoms with Gasteiger partial charge in [0.15, 0.2) is 12.7 Å². The molecule has 1 aromatic carbocycles. The molecule has 0 bridgehead atoms. The minimum atomic E-state index is -0.844. The van der Waals surface area contributed by atoms with Gasteiger partial charge in [-0.15, -0.1) is 0 Å². The van der Waals surface area contributed by atoms with Gasteiger partial charge in [0.25, 0.3) is 11.8 Å². The van der Waals surface area contributed by atoms with Crippen molar-refractivity contribution in [2.24, 2.45) is 5.92 Å². The molecule has 1 N–H and O–H groups in total. The molecule has 0 radical (unpaired) electrons. The van der Waals surface area contributed by atoms with Gasteiger partial charge in [0, 0.05) is 13.1 Å². The van der Waals surface area contributed by atoms with Crippen molar-refractivity contribution in [1.29, 1.82) is 0 Å². The van der Waals surface area contributed by atoms with Gasteiger partial charge in [-0.05, 0) is 37.8 Å². The first-order valence-corrected chi connectivity index (χ1v) is 10.0. The van der Waals surface area contributed by atoms with Crippen LogP contribution < -0.4 is 15.0 Å². The molecule has 0 aromatic heterocycles. The van der Waals surface area contributed by atoms with Gasteiger partial charge in [0.1, 0.15) is 5.75 Å². The molecule has 1 saturated carbocycles. The predicted octanol–water partition coefficient (Wildman–Crippen LogP) is 2.43. The number of benzene rings is 1. The number of carbonyl (C=O) groups is 3. The third-order valence-corrected chi connectivity index (χ3v) is 5.31. The van der Waals surface area contributed by atoms with Gasteiger partial charge in [-0.2, -0.15) is 0 Å². The second kappa shape index (κ2) is 9.57. The Morgan fingerprint density at radius 3 is 2.79 bits per heavy atom. The van der Waals surface area contributed by atoms with Crippen molar-refractivity contribution in [1.82, 2.24) is 5.32 Å². The molecule has 1 atom stereocenters. The van der Waals surface area contributed by atoms with Crippen LogP contribution in [0.1, 0.15) is 45.4 Å². The Bertz CT molecular complexity index is 715. The molecule has 1 aromatic rings.